The van der Waals surface area contributed by atoms with Crippen LogP contribution in [-0.4, -0.2) is 20.2 Å². The molecule has 0 aromatic heterocycles. The van der Waals surface area contributed by atoms with Gasteiger partial charge < -0.3 is 10.1 Å². The van der Waals surface area contributed by atoms with Gasteiger partial charge in [-0.15, -0.1) is 0 Å². The van der Waals surface area contributed by atoms with Gasteiger partial charge in [-0.25, -0.2) is 0 Å². The molecule has 1 N–H and O–H groups in total. The molecule has 1 rings (SSSR count). The Balaban J connectivity index is 2.83. The van der Waals surface area contributed by atoms with Crippen molar-refractivity contribution in [3.63, 3.8) is 0 Å². The number of rotatable bonds is 7. The second-order valence-corrected chi connectivity index (χ2v) is 7.28. The molecular formula is C17H28BrNO. The van der Waals surface area contributed by atoms with Gasteiger partial charge in [-0.3, -0.25) is 0 Å². The lowest BCUT2D eigenvalue weighted by atomic mass is 9.77. The van der Waals surface area contributed by atoms with Crippen LogP contribution in [0.5, 0.6) is 5.75 Å². The minimum Gasteiger partial charge on any atom is -0.497 e. The maximum Gasteiger partial charge on any atom is 0.119 e. The third-order valence-electron chi connectivity index (χ3n) is 3.76. The number of methoxy groups -OCH3 is 1. The van der Waals surface area contributed by atoms with E-state index in [1.807, 2.05) is 6.07 Å². The van der Waals surface area contributed by atoms with Crippen molar-refractivity contribution in [1.82, 2.24) is 5.32 Å². The molecule has 1 aromatic carbocycles. The van der Waals surface area contributed by atoms with Crippen LogP contribution in [0.3, 0.4) is 0 Å². The molecule has 0 aliphatic rings. The van der Waals surface area contributed by atoms with Crippen molar-refractivity contribution in [2.24, 2.45) is 11.3 Å². The first-order valence-corrected chi connectivity index (χ1v) is 8.21. The van der Waals surface area contributed by atoms with Crippen molar-refractivity contribution in [3.05, 3.63) is 28.2 Å². The van der Waals surface area contributed by atoms with Crippen LogP contribution < -0.4 is 10.1 Å². The Morgan fingerprint density at radius 3 is 2.55 bits per heavy atom. The van der Waals surface area contributed by atoms with Crippen molar-refractivity contribution < 1.29 is 4.74 Å². The van der Waals surface area contributed by atoms with Crippen LogP contribution in [0.1, 0.15) is 39.7 Å². The summed E-state index contributed by atoms with van der Waals surface area (Å²) >= 11 is 3.66. The van der Waals surface area contributed by atoms with Gasteiger partial charge in [-0.1, -0.05) is 43.6 Å². The first-order valence-electron chi connectivity index (χ1n) is 7.41. The van der Waals surface area contributed by atoms with Crippen LogP contribution in [0.4, 0.5) is 0 Å². The number of benzene rings is 1. The fourth-order valence-corrected chi connectivity index (χ4v) is 2.65. The lowest BCUT2D eigenvalue weighted by Crippen LogP contribution is -2.33. The Labute approximate surface area is 132 Å². The molecule has 0 spiro atoms. The molecule has 3 heteroatoms. The summed E-state index contributed by atoms with van der Waals surface area (Å²) in [4.78, 5) is 0. The van der Waals surface area contributed by atoms with Gasteiger partial charge in [0.05, 0.1) is 7.11 Å². The predicted molar refractivity (Wildman–Crippen MR) is 90.5 cm³/mol. The fraction of sp³-hybridized carbons (Fsp3) is 0.647. The second-order valence-electron chi connectivity index (χ2n) is 6.43. The quantitative estimate of drug-likeness (QED) is 0.728. The average Bonchev–Trinajstić information content (AvgIpc) is 2.38. The summed E-state index contributed by atoms with van der Waals surface area (Å²) in [6, 6.07) is 6.21. The number of hydrogen-bond donors (Lipinski definition) is 1. The summed E-state index contributed by atoms with van der Waals surface area (Å²) in [6.45, 7) is 11.3. The number of halogens is 1. The monoisotopic (exact) mass is 341 g/mol. The normalized spacial score (nSPS) is 13.3. The maximum absolute atomic E-state index is 5.34. The van der Waals surface area contributed by atoms with Crippen molar-refractivity contribution in [2.75, 3.05) is 20.2 Å². The Kier molecular flexibility index (Phi) is 7.04. The van der Waals surface area contributed by atoms with Crippen molar-refractivity contribution in [1.29, 1.82) is 0 Å². The number of hydrogen-bond acceptors (Lipinski definition) is 2. The lowest BCUT2D eigenvalue weighted by Gasteiger charge is -2.31. The van der Waals surface area contributed by atoms with E-state index < -0.39 is 0 Å². The smallest absolute Gasteiger partial charge is 0.119 e. The third kappa shape index (κ3) is 5.45. The molecular weight excluding hydrogens is 314 g/mol. The first-order chi connectivity index (χ1) is 9.38. The van der Waals surface area contributed by atoms with Crippen LogP contribution in [0.15, 0.2) is 22.7 Å². The molecule has 20 heavy (non-hydrogen) atoms. The molecule has 0 saturated carbocycles. The van der Waals surface area contributed by atoms with Gasteiger partial charge in [-0.2, -0.15) is 0 Å². The molecule has 1 unspecified atom stereocenters. The highest BCUT2D eigenvalue weighted by molar-refractivity contribution is 9.10. The van der Waals surface area contributed by atoms with Crippen molar-refractivity contribution >= 4 is 15.9 Å². The molecule has 0 fully saturated rings. The van der Waals surface area contributed by atoms with E-state index in [-0.39, 0.29) is 5.41 Å². The molecule has 114 valence electrons. The second kappa shape index (κ2) is 8.04. The van der Waals surface area contributed by atoms with E-state index in [0.29, 0.717) is 5.92 Å². The molecule has 0 amide bonds. The molecule has 1 aromatic rings. The SMILES string of the molecule is CCCNCC(Cc1cc(OC)ccc1Br)C(C)(C)C. The van der Waals surface area contributed by atoms with Gasteiger partial charge >= 0.3 is 0 Å². The Bertz CT molecular complexity index is 412. The predicted octanol–water partition coefficient (Wildman–Crippen LogP) is 4.66. The van der Waals surface area contributed by atoms with E-state index >= 15 is 0 Å². The maximum atomic E-state index is 5.34. The summed E-state index contributed by atoms with van der Waals surface area (Å²) < 4.78 is 6.51. The largest absolute Gasteiger partial charge is 0.497 e. The van der Waals surface area contributed by atoms with Gasteiger partial charge in [-0.05, 0) is 61.0 Å². The Hall–Kier alpha value is -0.540. The van der Waals surface area contributed by atoms with Gasteiger partial charge in [0, 0.05) is 4.47 Å². The Morgan fingerprint density at radius 2 is 2.00 bits per heavy atom. The van der Waals surface area contributed by atoms with E-state index in [2.05, 4.69) is 61.1 Å². The standard InChI is InChI=1S/C17H28BrNO/c1-6-9-19-12-14(17(2,3)4)10-13-11-15(20-5)7-8-16(13)18/h7-8,11,14,19H,6,9-10,12H2,1-5H3. The van der Waals surface area contributed by atoms with Gasteiger partial charge in [0.1, 0.15) is 5.75 Å². The molecule has 0 heterocycles. The zero-order valence-electron chi connectivity index (χ0n) is 13.4. The van der Waals surface area contributed by atoms with Crippen molar-refractivity contribution in [3.8, 4) is 5.75 Å². The minimum absolute atomic E-state index is 0.281. The molecule has 2 nitrogen and oxygen atoms in total. The number of nitrogens with one attached hydrogen (secondary N) is 1. The first kappa shape index (κ1) is 17.5. The summed E-state index contributed by atoms with van der Waals surface area (Å²) in [7, 11) is 1.72. The molecule has 0 radical (unpaired) electrons. The van der Waals surface area contributed by atoms with Gasteiger partial charge in [0.2, 0.25) is 0 Å². The van der Waals surface area contributed by atoms with Crippen LogP contribution >= 0.6 is 15.9 Å². The minimum atomic E-state index is 0.281. The topological polar surface area (TPSA) is 21.3 Å². The highest BCUT2D eigenvalue weighted by atomic mass is 79.9. The zero-order valence-corrected chi connectivity index (χ0v) is 15.0. The molecule has 1 atom stereocenters. The summed E-state index contributed by atoms with van der Waals surface area (Å²) in [5.74, 6) is 1.52. The van der Waals surface area contributed by atoms with E-state index in [9.17, 15) is 0 Å². The fourth-order valence-electron chi connectivity index (χ4n) is 2.24. The van der Waals surface area contributed by atoms with Crippen molar-refractivity contribution in [2.45, 2.75) is 40.5 Å². The highest BCUT2D eigenvalue weighted by Gasteiger charge is 2.25. The van der Waals surface area contributed by atoms with E-state index in [1.54, 1.807) is 7.11 Å². The highest BCUT2D eigenvalue weighted by Crippen LogP contribution is 2.32. The summed E-state index contributed by atoms with van der Waals surface area (Å²) in [5.41, 5.74) is 1.60. The van der Waals surface area contributed by atoms with Crippen LogP contribution in [-0.2, 0) is 6.42 Å². The van der Waals surface area contributed by atoms with E-state index in [4.69, 9.17) is 4.74 Å². The van der Waals surface area contributed by atoms with Gasteiger partial charge in [0.15, 0.2) is 0 Å². The third-order valence-corrected chi connectivity index (χ3v) is 4.54. The van der Waals surface area contributed by atoms with Crippen LogP contribution in [0, 0.1) is 11.3 Å². The summed E-state index contributed by atoms with van der Waals surface area (Å²) in [6.07, 6.45) is 2.23. The van der Waals surface area contributed by atoms with E-state index in [1.165, 1.54) is 16.5 Å². The molecule has 0 bridgehead atoms. The molecule has 0 aliphatic heterocycles. The van der Waals surface area contributed by atoms with Crippen LogP contribution in [0.25, 0.3) is 0 Å². The van der Waals surface area contributed by atoms with Gasteiger partial charge in [0.25, 0.3) is 0 Å². The molecule has 0 aliphatic carbocycles. The number of ether oxygens (including phenoxy) is 1. The lowest BCUT2D eigenvalue weighted by molar-refractivity contribution is 0.230. The summed E-state index contributed by atoms with van der Waals surface area (Å²) in [5, 5.41) is 3.56. The van der Waals surface area contributed by atoms with E-state index in [0.717, 1.165) is 25.3 Å². The Morgan fingerprint density at radius 1 is 1.30 bits per heavy atom. The zero-order chi connectivity index (χ0) is 15.2. The average molecular weight is 342 g/mol. The molecule has 0 saturated heterocycles. The van der Waals surface area contributed by atoms with Crippen LogP contribution in [0.2, 0.25) is 0 Å².